The lowest BCUT2D eigenvalue weighted by molar-refractivity contribution is 0.0737. The van der Waals surface area contributed by atoms with Gasteiger partial charge in [0.1, 0.15) is 11.0 Å². The monoisotopic (exact) mass is 526 g/mol. The molecule has 1 amide bonds. The number of halogens is 2. The number of aromatic nitrogens is 2. The van der Waals surface area contributed by atoms with Crippen LogP contribution in [0.5, 0.6) is 0 Å². The van der Waals surface area contributed by atoms with Gasteiger partial charge in [0.25, 0.3) is 15.9 Å². The van der Waals surface area contributed by atoms with E-state index in [0.717, 1.165) is 30.5 Å². The minimum atomic E-state index is -4.06. The molecule has 1 aliphatic heterocycles. The first-order valence-corrected chi connectivity index (χ1v) is 13.0. The highest BCUT2D eigenvalue weighted by Gasteiger charge is 2.32. The Morgan fingerprint density at radius 1 is 1.11 bits per heavy atom. The number of aromatic amines is 1. The van der Waals surface area contributed by atoms with Gasteiger partial charge in [-0.15, -0.1) is 0 Å². The minimum absolute atomic E-state index is 0.0985. The molecule has 36 heavy (non-hydrogen) atoms. The fraction of sp³-hybridized carbons (Fsp3) is 0.160. The Labute approximate surface area is 210 Å². The molecule has 1 fully saturated rings. The number of carbonyl (C=O) groups is 1. The van der Waals surface area contributed by atoms with Gasteiger partial charge < -0.3 is 9.88 Å². The molecule has 1 atom stereocenters. The van der Waals surface area contributed by atoms with E-state index in [4.69, 9.17) is 11.6 Å². The van der Waals surface area contributed by atoms with E-state index < -0.39 is 21.4 Å². The van der Waals surface area contributed by atoms with E-state index >= 15 is 0 Å². The first-order valence-electron chi connectivity index (χ1n) is 11.1. The first-order chi connectivity index (χ1) is 17.2. The summed E-state index contributed by atoms with van der Waals surface area (Å²) in [6.45, 7) is 0.477. The highest BCUT2D eigenvalue weighted by atomic mass is 35.5. The summed E-state index contributed by atoms with van der Waals surface area (Å²) < 4.78 is 41.6. The van der Waals surface area contributed by atoms with Gasteiger partial charge in [-0.05, 0) is 66.9 Å². The topological polar surface area (TPSA) is 112 Å². The predicted octanol–water partition coefficient (Wildman–Crippen LogP) is 4.49. The van der Waals surface area contributed by atoms with Crippen LogP contribution in [-0.4, -0.2) is 35.7 Å². The number of hydrogen-bond acceptors (Lipinski definition) is 5. The third-order valence-corrected chi connectivity index (χ3v) is 7.70. The number of rotatable bonds is 5. The zero-order valence-electron chi connectivity index (χ0n) is 18.7. The minimum Gasteiger partial charge on any atom is -0.332 e. The van der Waals surface area contributed by atoms with Crippen LogP contribution in [-0.2, 0) is 10.0 Å². The SMILES string of the molecule is O=C(c1cc(=O)[nH]c2ccc(S(=O)(=O)Nc3ccc(F)cc3)cc12)N1CCCC1c1ccc(Cl)nc1. The molecule has 8 nitrogen and oxygen atoms in total. The van der Waals surface area contributed by atoms with Gasteiger partial charge in [-0.1, -0.05) is 17.7 Å². The van der Waals surface area contributed by atoms with Gasteiger partial charge in [-0.25, -0.2) is 17.8 Å². The number of anilines is 1. The molecule has 2 aromatic carbocycles. The lowest BCUT2D eigenvalue weighted by Gasteiger charge is -2.25. The van der Waals surface area contributed by atoms with Crippen molar-refractivity contribution in [1.82, 2.24) is 14.9 Å². The molecular formula is C25H20ClFN4O4S. The number of carbonyl (C=O) groups excluding carboxylic acids is 1. The number of pyridine rings is 2. The summed E-state index contributed by atoms with van der Waals surface area (Å²) in [7, 11) is -4.06. The molecule has 5 rings (SSSR count). The number of likely N-dealkylation sites (tertiary alicyclic amines) is 1. The number of H-pyrrole nitrogens is 1. The highest BCUT2D eigenvalue weighted by Crippen LogP contribution is 2.34. The number of sulfonamides is 1. The molecule has 2 aromatic heterocycles. The fourth-order valence-corrected chi connectivity index (χ4v) is 5.60. The van der Waals surface area contributed by atoms with Crippen molar-refractivity contribution >= 4 is 44.1 Å². The number of amides is 1. The number of hydrogen-bond donors (Lipinski definition) is 2. The summed E-state index contributed by atoms with van der Waals surface area (Å²) in [6.07, 6.45) is 3.11. The molecule has 0 radical (unpaired) electrons. The molecule has 2 N–H and O–H groups in total. The van der Waals surface area contributed by atoms with Crippen LogP contribution in [0.25, 0.3) is 10.9 Å². The summed E-state index contributed by atoms with van der Waals surface area (Å²) in [4.78, 5) is 34.3. The lowest BCUT2D eigenvalue weighted by Crippen LogP contribution is -2.31. The van der Waals surface area contributed by atoms with E-state index in [1.165, 1.54) is 36.4 Å². The molecular weight excluding hydrogens is 507 g/mol. The smallest absolute Gasteiger partial charge is 0.261 e. The Kier molecular flexibility index (Phi) is 6.23. The Morgan fingerprint density at radius 3 is 2.61 bits per heavy atom. The normalized spacial score (nSPS) is 15.8. The van der Waals surface area contributed by atoms with Crippen LogP contribution in [0.4, 0.5) is 10.1 Å². The van der Waals surface area contributed by atoms with Crippen LogP contribution >= 0.6 is 11.6 Å². The largest absolute Gasteiger partial charge is 0.332 e. The van der Waals surface area contributed by atoms with Gasteiger partial charge in [-0.3, -0.25) is 14.3 Å². The number of benzene rings is 2. The van der Waals surface area contributed by atoms with Crippen LogP contribution in [0.2, 0.25) is 5.15 Å². The molecule has 184 valence electrons. The molecule has 1 saturated heterocycles. The second-order valence-electron chi connectivity index (χ2n) is 8.44. The van der Waals surface area contributed by atoms with Crippen LogP contribution in [0, 0.1) is 5.82 Å². The van der Waals surface area contributed by atoms with Crippen molar-refractivity contribution < 1.29 is 17.6 Å². The maximum absolute atomic E-state index is 13.7. The van der Waals surface area contributed by atoms with Crippen molar-refractivity contribution in [2.24, 2.45) is 0 Å². The number of fused-ring (bicyclic) bond motifs is 1. The fourth-order valence-electron chi connectivity index (χ4n) is 4.40. The molecule has 1 unspecified atom stereocenters. The Bertz CT molecular complexity index is 1620. The Hall–Kier alpha value is -3.76. The third-order valence-electron chi connectivity index (χ3n) is 6.10. The van der Waals surface area contributed by atoms with Gasteiger partial charge in [0.2, 0.25) is 5.56 Å². The highest BCUT2D eigenvalue weighted by molar-refractivity contribution is 7.92. The average molecular weight is 527 g/mol. The number of nitrogens with zero attached hydrogens (tertiary/aromatic N) is 2. The van der Waals surface area contributed by atoms with Crippen LogP contribution < -0.4 is 10.3 Å². The van der Waals surface area contributed by atoms with Gasteiger partial charge >= 0.3 is 0 Å². The van der Waals surface area contributed by atoms with Gasteiger partial charge in [-0.2, -0.15) is 0 Å². The average Bonchev–Trinajstić information content (AvgIpc) is 3.34. The van der Waals surface area contributed by atoms with Gasteiger partial charge in [0.15, 0.2) is 0 Å². The van der Waals surface area contributed by atoms with Crippen molar-refractivity contribution in [2.45, 2.75) is 23.8 Å². The molecule has 3 heterocycles. The van der Waals surface area contributed by atoms with Gasteiger partial charge in [0, 0.05) is 35.4 Å². The van der Waals surface area contributed by atoms with E-state index in [0.29, 0.717) is 22.6 Å². The Morgan fingerprint density at radius 2 is 1.89 bits per heavy atom. The molecule has 0 bridgehead atoms. The van der Waals surface area contributed by atoms with Gasteiger partial charge in [0.05, 0.1) is 16.5 Å². The van der Waals surface area contributed by atoms with Crippen LogP contribution in [0.3, 0.4) is 0 Å². The third kappa shape index (κ3) is 4.69. The first kappa shape index (κ1) is 24.0. The number of nitrogens with one attached hydrogen (secondary N) is 2. The van der Waals surface area contributed by atoms with Crippen molar-refractivity contribution in [3.63, 3.8) is 0 Å². The second kappa shape index (κ2) is 9.36. The van der Waals surface area contributed by atoms with E-state index in [9.17, 15) is 22.4 Å². The predicted molar refractivity (Wildman–Crippen MR) is 134 cm³/mol. The van der Waals surface area contributed by atoms with E-state index in [1.807, 2.05) is 6.07 Å². The summed E-state index contributed by atoms with van der Waals surface area (Å²) in [6, 6.07) is 13.4. The second-order valence-corrected chi connectivity index (χ2v) is 10.5. The van der Waals surface area contributed by atoms with Crippen molar-refractivity contribution in [3.8, 4) is 0 Å². The van der Waals surface area contributed by atoms with E-state index in [-0.39, 0.29) is 28.1 Å². The maximum Gasteiger partial charge on any atom is 0.261 e. The zero-order chi connectivity index (χ0) is 25.4. The van der Waals surface area contributed by atoms with E-state index in [1.54, 1.807) is 17.2 Å². The van der Waals surface area contributed by atoms with E-state index in [2.05, 4.69) is 14.7 Å². The summed E-state index contributed by atoms with van der Waals surface area (Å²) >= 11 is 5.90. The molecule has 0 saturated carbocycles. The van der Waals surface area contributed by atoms with Crippen molar-refractivity contribution in [2.75, 3.05) is 11.3 Å². The molecule has 11 heteroatoms. The summed E-state index contributed by atoms with van der Waals surface area (Å²) in [5.41, 5.74) is 0.962. The standard InChI is InChI=1S/C25H20ClFN4O4S/c26-23-10-3-15(14-28-23)22-2-1-11-31(22)25(33)20-13-24(32)29-21-9-8-18(12-19(20)21)36(34,35)30-17-6-4-16(27)5-7-17/h3-10,12-14,22,30H,1-2,11H2,(H,29,32). The molecule has 1 aliphatic rings. The van der Waals surface area contributed by atoms with Crippen LogP contribution in [0.15, 0.2) is 76.6 Å². The summed E-state index contributed by atoms with van der Waals surface area (Å²) in [5, 5.41) is 0.639. The Balaban J connectivity index is 1.53. The summed E-state index contributed by atoms with van der Waals surface area (Å²) in [5.74, 6) is -0.880. The van der Waals surface area contributed by atoms with Crippen LogP contribution in [0.1, 0.15) is 34.8 Å². The maximum atomic E-state index is 13.7. The molecule has 4 aromatic rings. The van der Waals surface area contributed by atoms with Crippen molar-refractivity contribution in [1.29, 1.82) is 0 Å². The molecule has 0 aliphatic carbocycles. The van der Waals surface area contributed by atoms with Crippen molar-refractivity contribution in [3.05, 3.63) is 99.3 Å². The zero-order valence-corrected chi connectivity index (χ0v) is 20.3. The quantitative estimate of drug-likeness (QED) is 0.372. The molecule has 0 spiro atoms. The lowest BCUT2D eigenvalue weighted by atomic mass is 10.0.